The van der Waals surface area contributed by atoms with Gasteiger partial charge in [-0.15, -0.1) is 0 Å². The lowest BCUT2D eigenvalue weighted by Gasteiger charge is -2.34. The van der Waals surface area contributed by atoms with E-state index >= 15 is 0 Å². The molecule has 0 saturated carbocycles. The van der Waals surface area contributed by atoms with Crippen LogP contribution in [0.2, 0.25) is 0 Å². The molecular formula is C6H11B7NO4P. The molecule has 0 N–H and O–H groups in total. The SMILES string of the molecule is [2H][B]C1CC(OP(O[B])N([B][B])B([B])[B])C(COC)O1. The molecule has 4 unspecified atom stereocenters. The summed E-state index contributed by atoms with van der Waals surface area (Å²) in [5.41, 5.74) is 0. The molecule has 1 rings (SSSR count). The molecule has 0 aromatic rings. The van der Waals surface area contributed by atoms with Gasteiger partial charge in [0.15, 0.2) is 0 Å². The van der Waals surface area contributed by atoms with Crippen molar-refractivity contribution in [2.45, 2.75) is 24.6 Å². The summed E-state index contributed by atoms with van der Waals surface area (Å²) >= 11 is 0. The maximum atomic E-state index is 7.25. The zero-order valence-electron chi connectivity index (χ0n) is 11.7. The van der Waals surface area contributed by atoms with Crippen LogP contribution in [0.5, 0.6) is 0 Å². The van der Waals surface area contributed by atoms with Crippen LogP contribution >= 0.6 is 8.53 Å². The maximum Gasteiger partial charge on any atom is 0.293 e. The second kappa shape index (κ2) is 8.86. The van der Waals surface area contributed by atoms with E-state index < -0.39 is 15.2 Å². The molecule has 1 heterocycles. The van der Waals surface area contributed by atoms with Crippen molar-refractivity contribution in [3.8, 4) is 0 Å². The monoisotopic (exact) mass is 270 g/mol. The summed E-state index contributed by atoms with van der Waals surface area (Å²) in [5, 5.41) is 0. The van der Waals surface area contributed by atoms with E-state index in [4.69, 9.17) is 51.0 Å². The maximum absolute atomic E-state index is 7.25. The summed E-state index contributed by atoms with van der Waals surface area (Å²) in [6.45, 7) is -0.583. The van der Waals surface area contributed by atoms with E-state index in [2.05, 4.69) is 0 Å². The minimum atomic E-state index is -1.76. The molecule has 0 bridgehead atoms. The summed E-state index contributed by atoms with van der Waals surface area (Å²) in [5.74, 6) is 0. The Morgan fingerprint density at radius 3 is 2.89 bits per heavy atom. The first-order valence-electron chi connectivity index (χ1n) is 6.19. The molecule has 1 fully saturated rings. The van der Waals surface area contributed by atoms with Crippen LogP contribution in [-0.2, 0) is 18.4 Å². The molecule has 4 atom stereocenters. The lowest BCUT2D eigenvalue weighted by atomic mass is 9.25. The first kappa shape index (κ1) is 16.1. The Kier molecular flexibility index (Phi) is 7.49. The average molecular weight is 269 g/mol. The van der Waals surface area contributed by atoms with Gasteiger partial charge in [-0.05, 0) is 7.76 Å². The molecule has 13 heteroatoms. The molecule has 1 aliphatic heterocycles. The molecule has 0 amide bonds. The van der Waals surface area contributed by atoms with Gasteiger partial charge in [-0.3, -0.25) is 0 Å². The predicted octanol–water partition coefficient (Wildman–Crippen LogP) is -2.31. The predicted molar refractivity (Wildman–Crippen MR) is 81.5 cm³/mol. The Morgan fingerprint density at radius 2 is 2.42 bits per heavy atom. The van der Waals surface area contributed by atoms with Crippen LogP contribution in [0.4, 0.5) is 0 Å². The van der Waals surface area contributed by atoms with Gasteiger partial charge < -0.3 is 22.9 Å². The molecule has 90 valence electrons. The van der Waals surface area contributed by atoms with Crippen molar-refractivity contribution in [3.05, 3.63) is 0 Å². The molecular weight excluding hydrogens is 257 g/mol. The number of nitrogens with zero attached hydrogens (tertiary/aromatic N) is 1. The van der Waals surface area contributed by atoms with Crippen LogP contribution in [0.3, 0.4) is 0 Å². The Balaban J connectivity index is 2.66. The molecule has 10 radical (unpaired) electrons. The van der Waals surface area contributed by atoms with Crippen molar-refractivity contribution in [2.75, 3.05) is 13.7 Å². The van der Waals surface area contributed by atoms with Crippen molar-refractivity contribution in [3.63, 3.8) is 0 Å². The highest BCUT2D eigenvalue weighted by atomic mass is 31.2. The zero-order chi connectivity index (χ0) is 15.1. The third-order valence-electron chi connectivity index (χ3n) is 2.52. The largest absolute Gasteiger partial charge is 0.397 e. The molecule has 5 nitrogen and oxygen atoms in total. The van der Waals surface area contributed by atoms with E-state index in [0.29, 0.717) is 13.0 Å². The highest BCUT2D eigenvalue weighted by molar-refractivity contribution is 7.55. The van der Waals surface area contributed by atoms with Gasteiger partial charge in [0, 0.05) is 36.3 Å². The van der Waals surface area contributed by atoms with Crippen LogP contribution in [0.25, 0.3) is 0 Å². The van der Waals surface area contributed by atoms with Crippen molar-refractivity contribution in [1.82, 2.24) is 4.49 Å². The van der Waals surface area contributed by atoms with Crippen LogP contribution in [-0.4, -0.2) is 90.8 Å². The number of methoxy groups -OCH3 is 1. The molecule has 0 aromatic carbocycles. The Bertz CT molecular complexity index is 286. The van der Waals surface area contributed by atoms with Gasteiger partial charge in [-0.1, -0.05) is 0 Å². The molecule has 0 aromatic heterocycles. The van der Waals surface area contributed by atoms with Gasteiger partial charge in [0.25, 0.3) is 8.05 Å². The third-order valence-corrected chi connectivity index (χ3v) is 3.93. The van der Waals surface area contributed by atoms with Crippen LogP contribution in [0.15, 0.2) is 0 Å². The highest BCUT2D eigenvalue weighted by Crippen LogP contribution is 2.44. The van der Waals surface area contributed by atoms with E-state index in [1.54, 1.807) is 7.11 Å². The van der Waals surface area contributed by atoms with E-state index in [-0.39, 0.29) is 18.2 Å². The Labute approximate surface area is 124 Å². The van der Waals surface area contributed by atoms with Crippen LogP contribution in [0, 0.1) is 0 Å². The second-order valence-corrected chi connectivity index (χ2v) is 5.27. The molecule has 1 aliphatic rings. The first-order chi connectivity index (χ1) is 9.57. The van der Waals surface area contributed by atoms with Crippen LogP contribution in [0.1, 0.15) is 6.42 Å². The lowest BCUT2D eigenvalue weighted by molar-refractivity contribution is -0.0104. The fraction of sp³-hybridized carbons (Fsp3) is 1.00. The Morgan fingerprint density at radius 1 is 1.68 bits per heavy atom. The fourth-order valence-electron chi connectivity index (χ4n) is 1.68. The minimum Gasteiger partial charge on any atom is -0.397 e. The van der Waals surface area contributed by atoms with E-state index in [0.717, 1.165) is 7.31 Å². The van der Waals surface area contributed by atoms with Gasteiger partial charge in [-0.2, -0.15) is 0 Å². The summed E-state index contributed by atoms with van der Waals surface area (Å²) < 4.78 is 29.7. The second-order valence-electron chi connectivity index (χ2n) is 3.91. The standard InChI is InChI=1S/C6H11B7NO4P/c1-15-3-5-4(2-6(7)16-5)17-19(18-11)14(12-8)13(9)10/h4-7H,2-3H2,1H3/i7D. The molecule has 0 aliphatic carbocycles. The normalized spacial score (nSPS) is 28.9. The van der Waals surface area contributed by atoms with Crippen molar-refractivity contribution in [2.24, 2.45) is 0 Å². The average Bonchev–Trinajstić information content (AvgIpc) is 2.80. The molecule has 19 heavy (non-hydrogen) atoms. The van der Waals surface area contributed by atoms with E-state index in [9.17, 15) is 0 Å². The number of hydrogen-bond donors (Lipinski definition) is 0. The van der Waals surface area contributed by atoms with Crippen molar-refractivity contribution >= 4 is 61.5 Å². The summed E-state index contributed by atoms with van der Waals surface area (Å²) in [4.78, 5) is 0. The number of ether oxygens (including phenoxy) is 2. The first-order valence-corrected chi connectivity index (χ1v) is 6.74. The van der Waals surface area contributed by atoms with Crippen molar-refractivity contribution in [1.29, 1.82) is 1.34 Å². The smallest absolute Gasteiger partial charge is 0.293 e. The summed E-state index contributed by atoms with van der Waals surface area (Å²) in [7, 11) is 23.9. The number of hydrogen-bond acceptors (Lipinski definition) is 5. The van der Waals surface area contributed by atoms with Gasteiger partial charge in [0.2, 0.25) is 8.53 Å². The number of rotatable bonds is 9. The third kappa shape index (κ3) is 5.18. The molecule has 0 spiro atoms. The quantitative estimate of drug-likeness (QED) is 0.347. The molecule has 1 saturated heterocycles. The van der Waals surface area contributed by atoms with Crippen molar-refractivity contribution < 1.29 is 18.4 Å². The van der Waals surface area contributed by atoms with Gasteiger partial charge in [0.1, 0.15) is 27.8 Å². The highest BCUT2D eigenvalue weighted by Gasteiger charge is 2.37. The summed E-state index contributed by atoms with van der Waals surface area (Å²) in [6, 6.07) is -0.336. The topological polar surface area (TPSA) is 40.2 Å². The van der Waals surface area contributed by atoms with Gasteiger partial charge in [-0.25, -0.2) is 0 Å². The van der Waals surface area contributed by atoms with E-state index in [1.165, 1.54) is 12.3 Å². The van der Waals surface area contributed by atoms with Gasteiger partial charge >= 0.3 is 0 Å². The summed E-state index contributed by atoms with van der Waals surface area (Å²) in [6.07, 6.45) is -0.212. The lowest BCUT2D eigenvalue weighted by Crippen LogP contribution is -2.42. The minimum absolute atomic E-state index is 0.323. The van der Waals surface area contributed by atoms with E-state index in [1.807, 2.05) is 0 Å². The van der Waals surface area contributed by atoms with Gasteiger partial charge in [0.05, 0.1) is 12.7 Å². The van der Waals surface area contributed by atoms with Crippen LogP contribution < -0.4 is 0 Å². The fourth-order valence-corrected chi connectivity index (χ4v) is 2.73. The zero-order valence-corrected chi connectivity index (χ0v) is 11.6. The Hall–Kier alpha value is 0.685.